The van der Waals surface area contributed by atoms with Gasteiger partial charge in [-0.2, -0.15) is 0 Å². The number of aromatic amines is 1. The Balaban J connectivity index is 2.63. The first-order valence-electron chi connectivity index (χ1n) is 4.71. The fourth-order valence-electron chi connectivity index (χ4n) is 1.78. The molecule has 15 heavy (non-hydrogen) atoms. The van der Waals surface area contributed by atoms with E-state index in [4.69, 9.17) is 0 Å². The number of aromatic nitrogens is 2. The lowest BCUT2D eigenvalue weighted by Crippen LogP contribution is -2.01. The molecule has 0 radical (unpaired) electrons. The normalized spacial score (nSPS) is 10.9. The standard InChI is InChI=1S/C12H8N2O/c15-11-6-10-9(7-14-11)4-3-8-2-1-5-13-12(8)10/h1-7H,(H,14,15). The molecule has 0 saturated heterocycles. The molecule has 0 atom stereocenters. The van der Waals surface area contributed by atoms with Crippen LogP contribution >= 0.6 is 0 Å². The minimum absolute atomic E-state index is 0.0966. The second kappa shape index (κ2) is 2.92. The van der Waals surface area contributed by atoms with Crippen molar-refractivity contribution in [2.75, 3.05) is 0 Å². The van der Waals surface area contributed by atoms with E-state index in [2.05, 4.69) is 9.97 Å². The number of H-pyrrole nitrogens is 1. The fraction of sp³-hybridized carbons (Fsp3) is 0. The van der Waals surface area contributed by atoms with E-state index in [1.54, 1.807) is 18.5 Å². The Morgan fingerprint density at radius 3 is 2.93 bits per heavy atom. The van der Waals surface area contributed by atoms with E-state index in [-0.39, 0.29) is 5.56 Å². The van der Waals surface area contributed by atoms with E-state index in [1.807, 2.05) is 24.3 Å². The Labute approximate surface area is 85.4 Å². The molecule has 2 heterocycles. The molecule has 3 rings (SSSR count). The molecule has 1 aromatic carbocycles. The first-order chi connectivity index (χ1) is 7.34. The Bertz CT molecular complexity index is 700. The number of pyridine rings is 2. The summed E-state index contributed by atoms with van der Waals surface area (Å²) in [5.74, 6) is 0. The molecule has 0 aliphatic rings. The zero-order valence-electron chi connectivity index (χ0n) is 7.90. The van der Waals surface area contributed by atoms with Gasteiger partial charge in [-0.3, -0.25) is 9.78 Å². The van der Waals surface area contributed by atoms with Crippen molar-refractivity contribution in [3.05, 3.63) is 53.1 Å². The molecule has 0 saturated carbocycles. The average molecular weight is 196 g/mol. The van der Waals surface area contributed by atoms with Crippen LogP contribution in [-0.4, -0.2) is 9.97 Å². The van der Waals surface area contributed by atoms with E-state index in [0.717, 1.165) is 21.7 Å². The molecule has 72 valence electrons. The number of hydrogen-bond acceptors (Lipinski definition) is 2. The number of hydrogen-bond donors (Lipinski definition) is 1. The summed E-state index contributed by atoms with van der Waals surface area (Å²) in [6, 6.07) is 9.45. The van der Waals surface area contributed by atoms with Crippen LogP contribution in [0.1, 0.15) is 0 Å². The fourth-order valence-corrected chi connectivity index (χ4v) is 1.78. The maximum Gasteiger partial charge on any atom is 0.248 e. The first kappa shape index (κ1) is 8.17. The lowest BCUT2D eigenvalue weighted by molar-refractivity contribution is 1.27. The molecule has 1 N–H and O–H groups in total. The molecule has 0 bridgehead atoms. The summed E-state index contributed by atoms with van der Waals surface area (Å²) in [4.78, 5) is 18.2. The Morgan fingerprint density at radius 2 is 2.00 bits per heavy atom. The highest BCUT2D eigenvalue weighted by Gasteiger charge is 2.00. The third-order valence-electron chi connectivity index (χ3n) is 2.49. The predicted molar refractivity (Wildman–Crippen MR) is 59.9 cm³/mol. The lowest BCUT2D eigenvalue weighted by Gasteiger charge is -2.01. The molecule has 0 aliphatic heterocycles. The van der Waals surface area contributed by atoms with Crippen molar-refractivity contribution >= 4 is 21.7 Å². The van der Waals surface area contributed by atoms with Gasteiger partial charge in [0.2, 0.25) is 5.56 Å². The van der Waals surface area contributed by atoms with Gasteiger partial charge in [0.1, 0.15) is 0 Å². The molecule has 3 nitrogen and oxygen atoms in total. The zero-order chi connectivity index (χ0) is 10.3. The van der Waals surface area contributed by atoms with Crippen LogP contribution in [0.15, 0.2) is 47.5 Å². The number of benzene rings is 1. The van der Waals surface area contributed by atoms with Crippen molar-refractivity contribution in [3.63, 3.8) is 0 Å². The van der Waals surface area contributed by atoms with Gasteiger partial charge in [0, 0.05) is 34.6 Å². The van der Waals surface area contributed by atoms with E-state index < -0.39 is 0 Å². The van der Waals surface area contributed by atoms with Crippen molar-refractivity contribution in [2.45, 2.75) is 0 Å². The molecule has 0 spiro atoms. The highest BCUT2D eigenvalue weighted by Crippen LogP contribution is 2.20. The number of rotatable bonds is 0. The van der Waals surface area contributed by atoms with Crippen LogP contribution in [0.25, 0.3) is 21.7 Å². The van der Waals surface area contributed by atoms with Crippen molar-refractivity contribution < 1.29 is 0 Å². The number of fused-ring (bicyclic) bond motifs is 3. The summed E-state index contributed by atoms with van der Waals surface area (Å²) in [6.45, 7) is 0. The molecular weight excluding hydrogens is 188 g/mol. The van der Waals surface area contributed by atoms with Crippen molar-refractivity contribution in [3.8, 4) is 0 Å². The van der Waals surface area contributed by atoms with Crippen LogP contribution in [-0.2, 0) is 0 Å². The van der Waals surface area contributed by atoms with Crippen LogP contribution in [0.4, 0.5) is 0 Å². The van der Waals surface area contributed by atoms with Gasteiger partial charge in [0.15, 0.2) is 0 Å². The SMILES string of the molecule is O=c1cc2c(ccc3cccnc32)c[nH]1. The molecule has 0 unspecified atom stereocenters. The summed E-state index contributed by atoms with van der Waals surface area (Å²) < 4.78 is 0. The van der Waals surface area contributed by atoms with Crippen LogP contribution in [0, 0.1) is 0 Å². The van der Waals surface area contributed by atoms with Crippen LogP contribution in [0.2, 0.25) is 0 Å². The van der Waals surface area contributed by atoms with Gasteiger partial charge in [-0.05, 0) is 6.07 Å². The molecule has 3 aromatic rings. The third-order valence-corrected chi connectivity index (χ3v) is 2.49. The Hall–Kier alpha value is -2.16. The second-order valence-corrected chi connectivity index (χ2v) is 3.44. The summed E-state index contributed by atoms with van der Waals surface area (Å²) in [5, 5.41) is 2.95. The van der Waals surface area contributed by atoms with E-state index in [0.29, 0.717) is 0 Å². The average Bonchev–Trinajstić information content (AvgIpc) is 2.29. The maximum absolute atomic E-state index is 11.2. The van der Waals surface area contributed by atoms with Gasteiger partial charge < -0.3 is 4.98 Å². The van der Waals surface area contributed by atoms with Gasteiger partial charge in [0.05, 0.1) is 5.52 Å². The predicted octanol–water partition coefficient (Wildman–Crippen LogP) is 2.08. The summed E-state index contributed by atoms with van der Waals surface area (Å²) >= 11 is 0. The topological polar surface area (TPSA) is 45.8 Å². The summed E-state index contributed by atoms with van der Waals surface area (Å²) in [6.07, 6.45) is 3.45. The van der Waals surface area contributed by atoms with Crippen molar-refractivity contribution in [1.29, 1.82) is 0 Å². The second-order valence-electron chi connectivity index (χ2n) is 3.44. The van der Waals surface area contributed by atoms with Crippen LogP contribution in [0.3, 0.4) is 0 Å². The van der Waals surface area contributed by atoms with Crippen LogP contribution in [0.5, 0.6) is 0 Å². The van der Waals surface area contributed by atoms with Gasteiger partial charge >= 0.3 is 0 Å². The molecule has 0 amide bonds. The lowest BCUT2D eigenvalue weighted by atomic mass is 10.1. The quantitative estimate of drug-likeness (QED) is 0.559. The van der Waals surface area contributed by atoms with Gasteiger partial charge in [0.25, 0.3) is 0 Å². The highest BCUT2D eigenvalue weighted by molar-refractivity contribution is 6.04. The first-order valence-corrected chi connectivity index (χ1v) is 4.71. The zero-order valence-corrected chi connectivity index (χ0v) is 7.90. The van der Waals surface area contributed by atoms with Crippen molar-refractivity contribution in [1.82, 2.24) is 9.97 Å². The smallest absolute Gasteiger partial charge is 0.248 e. The van der Waals surface area contributed by atoms with E-state index in [9.17, 15) is 4.79 Å². The Morgan fingerprint density at radius 1 is 1.13 bits per heavy atom. The molecule has 2 aromatic heterocycles. The van der Waals surface area contributed by atoms with Gasteiger partial charge in [-0.1, -0.05) is 18.2 Å². The molecule has 0 fully saturated rings. The highest BCUT2D eigenvalue weighted by atomic mass is 16.1. The largest absolute Gasteiger partial charge is 0.328 e. The minimum Gasteiger partial charge on any atom is -0.328 e. The van der Waals surface area contributed by atoms with Gasteiger partial charge in [-0.25, -0.2) is 0 Å². The van der Waals surface area contributed by atoms with Crippen molar-refractivity contribution in [2.24, 2.45) is 0 Å². The minimum atomic E-state index is -0.0966. The molecular formula is C12H8N2O. The summed E-state index contributed by atoms with van der Waals surface area (Å²) in [7, 11) is 0. The van der Waals surface area contributed by atoms with Crippen LogP contribution < -0.4 is 5.56 Å². The summed E-state index contributed by atoms with van der Waals surface area (Å²) in [5.41, 5.74) is 0.779. The number of nitrogens with one attached hydrogen (secondary N) is 1. The monoisotopic (exact) mass is 196 g/mol. The Kier molecular flexibility index (Phi) is 1.59. The third kappa shape index (κ3) is 1.21. The van der Waals surface area contributed by atoms with Gasteiger partial charge in [-0.15, -0.1) is 0 Å². The van der Waals surface area contributed by atoms with E-state index >= 15 is 0 Å². The maximum atomic E-state index is 11.2. The van der Waals surface area contributed by atoms with E-state index in [1.165, 1.54) is 0 Å². The molecule has 0 aliphatic carbocycles. The molecule has 3 heteroatoms. The number of nitrogens with zero attached hydrogens (tertiary/aromatic N) is 1.